The summed E-state index contributed by atoms with van der Waals surface area (Å²) in [4.78, 5) is 15.6. The van der Waals surface area contributed by atoms with Crippen molar-refractivity contribution in [2.24, 2.45) is 0 Å². The van der Waals surface area contributed by atoms with Gasteiger partial charge in [-0.1, -0.05) is 35.2 Å². The Morgan fingerprint density at radius 2 is 1.96 bits per heavy atom. The summed E-state index contributed by atoms with van der Waals surface area (Å²) in [5, 5.41) is 19.2. The van der Waals surface area contributed by atoms with Crippen LogP contribution in [0.2, 0.25) is 0 Å². The summed E-state index contributed by atoms with van der Waals surface area (Å²) in [6.45, 7) is 3.52. The molecule has 1 saturated carbocycles. The molecule has 1 aromatic carbocycles. The molecule has 0 saturated heterocycles. The smallest absolute Gasteiger partial charge is 0.341 e. The molecule has 2 aromatic rings. The largest absolute Gasteiger partial charge is 0.506 e. The van der Waals surface area contributed by atoms with Crippen LogP contribution in [-0.2, 0) is 11.2 Å². The number of nitrogens with zero attached hydrogens (tertiary/aromatic N) is 1. The highest BCUT2D eigenvalue weighted by molar-refractivity contribution is 9.10. The molecule has 1 aliphatic carbocycles. The predicted octanol–water partition coefficient (Wildman–Crippen LogP) is 5.27. The monoisotopic (exact) mass is 447 g/mol. The molecule has 1 aliphatic rings. The summed E-state index contributed by atoms with van der Waals surface area (Å²) < 4.78 is 6.31. The summed E-state index contributed by atoms with van der Waals surface area (Å²) in [6.07, 6.45) is 6.45. The molecule has 2 N–H and O–H groups in total. The molecule has 1 heterocycles. The molecule has 0 spiro atoms. The van der Waals surface area contributed by atoms with Crippen molar-refractivity contribution < 1.29 is 19.7 Å². The minimum Gasteiger partial charge on any atom is -0.506 e. The molecule has 0 atom stereocenters. The number of carboxylic acid groups (broad SMARTS) is 1. The molecule has 0 unspecified atom stereocenters. The lowest BCUT2D eigenvalue weighted by atomic mass is 9.86. The normalized spacial score (nSPS) is 14.8. The third kappa shape index (κ3) is 4.66. The number of aryl methyl sites for hydroxylation is 1. The molecule has 0 bridgehead atoms. The van der Waals surface area contributed by atoms with E-state index in [0.717, 1.165) is 45.4 Å². The maximum Gasteiger partial charge on any atom is 0.341 e. The van der Waals surface area contributed by atoms with Crippen molar-refractivity contribution in [1.82, 2.24) is 4.98 Å². The van der Waals surface area contributed by atoms with Crippen LogP contribution in [0.4, 0.5) is 0 Å². The standard InChI is InChI=1S/C22H26BrNO4/c1-13-10-19(28-12-20(26)27)14(2)21(23)17(13)11-16-8-9-18(25)22(24-16)15-6-4-3-5-7-15/h8-10,15,25H,3-7,11-12H2,1-2H3,(H,26,27). The van der Waals surface area contributed by atoms with E-state index in [1.807, 2.05) is 26.0 Å². The molecule has 6 heteroatoms. The van der Waals surface area contributed by atoms with Crippen LogP contribution in [0.3, 0.4) is 0 Å². The molecule has 1 fully saturated rings. The quantitative estimate of drug-likeness (QED) is 0.630. The van der Waals surface area contributed by atoms with Gasteiger partial charge in [-0.25, -0.2) is 4.79 Å². The van der Waals surface area contributed by atoms with Gasteiger partial charge in [-0.05, 0) is 56.0 Å². The lowest BCUT2D eigenvalue weighted by Gasteiger charge is -2.22. The highest BCUT2D eigenvalue weighted by Gasteiger charge is 2.21. The number of carbonyl (C=O) groups is 1. The van der Waals surface area contributed by atoms with Gasteiger partial charge in [0.25, 0.3) is 0 Å². The Bertz CT molecular complexity index is 875. The van der Waals surface area contributed by atoms with E-state index in [1.54, 1.807) is 6.07 Å². The molecular formula is C22H26BrNO4. The Morgan fingerprint density at radius 3 is 2.64 bits per heavy atom. The lowest BCUT2D eigenvalue weighted by Crippen LogP contribution is -2.11. The number of pyridine rings is 1. The number of aromatic nitrogens is 1. The van der Waals surface area contributed by atoms with E-state index < -0.39 is 5.97 Å². The second-order valence-corrected chi connectivity index (χ2v) is 8.30. The van der Waals surface area contributed by atoms with E-state index in [0.29, 0.717) is 23.8 Å². The van der Waals surface area contributed by atoms with Gasteiger partial charge in [0.05, 0.1) is 5.69 Å². The van der Waals surface area contributed by atoms with Crippen LogP contribution in [0.15, 0.2) is 22.7 Å². The number of hydrogen-bond donors (Lipinski definition) is 2. The van der Waals surface area contributed by atoms with Gasteiger partial charge in [0, 0.05) is 28.1 Å². The first-order valence-corrected chi connectivity index (χ1v) is 10.5. The van der Waals surface area contributed by atoms with Gasteiger partial charge < -0.3 is 14.9 Å². The number of ether oxygens (including phenoxy) is 1. The van der Waals surface area contributed by atoms with Crippen LogP contribution in [0.25, 0.3) is 0 Å². The van der Waals surface area contributed by atoms with E-state index in [-0.39, 0.29) is 6.61 Å². The van der Waals surface area contributed by atoms with Gasteiger partial charge in [-0.2, -0.15) is 0 Å². The van der Waals surface area contributed by atoms with Crippen molar-refractivity contribution in [3.8, 4) is 11.5 Å². The number of carboxylic acids is 1. The van der Waals surface area contributed by atoms with Crippen LogP contribution in [0.5, 0.6) is 11.5 Å². The SMILES string of the molecule is Cc1cc(OCC(=O)O)c(C)c(Br)c1Cc1ccc(O)c(C2CCCCC2)n1. The maximum atomic E-state index is 10.8. The van der Waals surface area contributed by atoms with Crippen molar-refractivity contribution in [3.63, 3.8) is 0 Å². The van der Waals surface area contributed by atoms with E-state index >= 15 is 0 Å². The second kappa shape index (κ2) is 8.95. The molecule has 0 aliphatic heterocycles. The van der Waals surface area contributed by atoms with Gasteiger partial charge >= 0.3 is 5.97 Å². The average Bonchev–Trinajstić information content (AvgIpc) is 2.68. The molecule has 5 nitrogen and oxygen atoms in total. The van der Waals surface area contributed by atoms with Crippen molar-refractivity contribution >= 4 is 21.9 Å². The van der Waals surface area contributed by atoms with E-state index in [1.165, 1.54) is 19.3 Å². The number of rotatable bonds is 6. The van der Waals surface area contributed by atoms with Gasteiger partial charge in [-0.15, -0.1) is 0 Å². The molecular weight excluding hydrogens is 422 g/mol. The Morgan fingerprint density at radius 1 is 1.25 bits per heavy atom. The van der Waals surface area contributed by atoms with E-state index in [9.17, 15) is 9.90 Å². The summed E-state index contributed by atoms with van der Waals surface area (Å²) in [5.41, 5.74) is 4.71. The number of aliphatic carboxylic acids is 1. The van der Waals surface area contributed by atoms with Crippen LogP contribution in [-0.4, -0.2) is 27.8 Å². The maximum absolute atomic E-state index is 10.8. The fourth-order valence-electron chi connectivity index (χ4n) is 3.87. The van der Waals surface area contributed by atoms with Crippen LogP contribution >= 0.6 is 15.9 Å². The zero-order chi connectivity index (χ0) is 20.3. The van der Waals surface area contributed by atoms with Crippen molar-refractivity contribution in [2.75, 3.05) is 6.61 Å². The van der Waals surface area contributed by atoms with Gasteiger partial charge in [0.15, 0.2) is 6.61 Å². The average molecular weight is 448 g/mol. The van der Waals surface area contributed by atoms with Gasteiger partial charge in [-0.3, -0.25) is 4.98 Å². The molecule has 1 aromatic heterocycles. The van der Waals surface area contributed by atoms with Gasteiger partial charge in [0.1, 0.15) is 11.5 Å². The van der Waals surface area contributed by atoms with E-state index in [2.05, 4.69) is 15.9 Å². The van der Waals surface area contributed by atoms with Crippen LogP contribution in [0, 0.1) is 13.8 Å². The zero-order valence-electron chi connectivity index (χ0n) is 16.3. The summed E-state index contributed by atoms with van der Waals surface area (Å²) in [6, 6.07) is 5.51. The number of hydrogen-bond acceptors (Lipinski definition) is 4. The number of halogens is 1. The topological polar surface area (TPSA) is 79.7 Å². The first-order valence-electron chi connectivity index (χ1n) is 9.68. The third-order valence-corrected chi connectivity index (χ3v) is 6.52. The van der Waals surface area contributed by atoms with Crippen molar-refractivity contribution in [3.05, 3.63) is 50.8 Å². The minimum absolute atomic E-state index is 0.292. The summed E-state index contributed by atoms with van der Waals surface area (Å²) in [5.74, 6) is 0.199. The third-order valence-electron chi connectivity index (χ3n) is 5.45. The Hall–Kier alpha value is -2.08. The minimum atomic E-state index is -0.999. The second-order valence-electron chi connectivity index (χ2n) is 7.51. The fraction of sp³-hybridized carbons (Fsp3) is 0.455. The highest BCUT2D eigenvalue weighted by Crippen LogP contribution is 2.37. The summed E-state index contributed by atoms with van der Waals surface area (Å²) >= 11 is 3.65. The fourth-order valence-corrected chi connectivity index (χ4v) is 4.52. The molecule has 150 valence electrons. The first-order chi connectivity index (χ1) is 13.4. The lowest BCUT2D eigenvalue weighted by molar-refractivity contribution is -0.139. The predicted molar refractivity (Wildman–Crippen MR) is 111 cm³/mol. The summed E-state index contributed by atoms with van der Waals surface area (Å²) in [7, 11) is 0. The molecule has 0 radical (unpaired) electrons. The Kier molecular flexibility index (Phi) is 6.60. The number of benzene rings is 1. The van der Waals surface area contributed by atoms with E-state index in [4.69, 9.17) is 14.8 Å². The molecule has 3 rings (SSSR count). The van der Waals surface area contributed by atoms with Gasteiger partial charge in [0.2, 0.25) is 0 Å². The zero-order valence-corrected chi connectivity index (χ0v) is 17.9. The highest BCUT2D eigenvalue weighted by atomic mass is 79.9. The van der Waals surface area contributed by atoms with Crippen LogP contribution < -0.4 is 4.74 Å². The molecule has 0 amide bonds. The number of aromatic hydroxyl groups is 1. The van der Waals surface area contributed by atoms with Crippen LogP contribution in [0.1, 0.15) is 66.1 Å². The van der Waals surface area contributed by atoms with Crippen molar-refractivity contribution in [2.45, 2.75) is 58.3 Å². The Balaban J connectivity index is 1.87. The first kappa shape index (κ1) is 20.6. The Labute approximate surface area is 173 Å². The molecule has 28 heavy (non-hydrogen) atoms. The van der Waals surface area contributed by atoms with Crippen molar-refractivity contribution in [1.29, 1.82) is 0 Å².